The Morgan fingerprint density at radius 1 is 0.462 bits per heavy atom. The number of rotatable bonds is 35. The molecule has 1 N–H and O–H groups in total. The van der Waals surface area contributed by atoms with Crippen LogP contribution in [0.1, 0.15) is 155 Å². The number of aliphatic hydroxyl groups excluding tert-OH is 1. The van der Waals surface area contributed by atoms with E-state index in [2.05, 4.69) is 123 Å². The molecule has 0 aliphatic carbocycles. The highest BCUT2D eigenvalue weighted by molar-refractivity contribution is 5.70. The van der Waals surface area contributed by atoms with Crippen LogP contribution in [-0.4, -0.2) is 36.4 Å². The molecule has 0 aromatic carbocycles. The van der Waals surface area contributed by atoms with Gasteiger partial charge in [0, 0.05) is 12.8 Å². The zero-order valence-electron chi connectivity index (χ0n) is 33.0. The van der Waals surface area contributed by atoms with Crippen molar-refractivity contribution in [1.29, 1.82) is 0 Å². The van der Waals surface area contributed by atoms with E-state index in [-0.39, 0.29) is 25.2 Å². The van der Waals surface area contributed by atoms with E-state index >= 15 is 0 Å². The summed E-state index contributed by atoms with van der Waals surface area (Å²) in [7, 11) is 0. The molecule has 5 heteroatoms. The number of carbonyl (C=O) groups is 2. The van der Waals surface area contributed by atoms with Crippen molar-refractivity contribution in [3.05, 3.63) is 109 Å². The van der Waals surface area contributed by atoms with Crippen LogP contribution in [-0.2, 0) is 19.1 Å². The zero-order chi connectivity index (χ0) is 37.8. The molecule has 0 aliphatic heterocycles. The number of allylic oxidation sites excluding steroid dienone is 18. The average Bonchev–Trinajstić information content (AvgIpc) is 3.15. The molecule has 0 radical (unpaired) electrons. The van der Waals surface area contributed by atoms with E-state index in [0.717, 1.165) is 103 Å². The number of aliphatic hydroxyl groups is 1. The maximum atomic E-state index is 12.1. The molecule has 0 rings (SSSR count). The Balaban J connectivity index is 3.70. The second kappa shape index (κ2) is 42.0. The van der Waals surface area contributed by atoms with Gasteiger partial charge in [-0.15, -0.1) is 0 Å². The fourth-order valence-corrected chi connectivity index (χ4v) is 5.01. The van der Waals surface area contributed by atoms with Gasteiger partial charge in [-0.3, -0.25) is 9.59 Å². The van der Waals surface area contributed by atoms with Gasteiger partial charge in [-0.1, -0.05) is 168 Å². The van der Waals surface area contributed by atoms with Crippen LogP contribution in [0.3, 0.4) is 0 Å². The zero-order valence-corrected chi connectivity index (χ0v) is 33.0. The Morgan fingerprint density at radius 2 is 0.827 bits per heavy atom. The first kappa shape index (κ1) is 48.6. The fourth-order valence-electron chi connectivity index (χ4n) is 5.01. The molecule has 292 valence electrons. The lowest BCUT2D eigenvalue weighted by atomic mass is 10.1. The minimum Gasteiger partial charge on any atom is -0.462 e. The van der Waals surface area contributed by atoms with Gasteiger partial charge in [0.25, 0.3) is 0 Å². The van der Waals surface area contributed by atoms with E-state index in [0.29, 0.717) is 12.8 Å². The maximum absolute atomic E-state index is 12.1. The summed E-state index contributed by atoms with van der Waals surface area (Å²) in [6, 6.07) is 0. The van der Waals surface area contributed by atoms with Crippen molar-refractivity contribution in [1.82, 2.24) is 0 Å². The van der Waals surface area contributed by atoms with Gasteiger partial charge in [0.1, 0.15) is 6.61 Å². The van der Waals surface area contributed by atoms with Crippen LogP contribution >= 0.6 is 0 Å². The molecule has 1 unspecified atom stereocenters. The first-order chi connectivity index (χ1) is 25.6. The number of hydrogen-bond acceptors (Lipinski definition) is 5. The summed E-state index contributed by atoms with van der Waals surface area (Å²) in [5, 5.41) is 9.50. The molecule has 0 bridgehead atoms. The first-order valence-corrected chi connectivity index (χ1v) is 20.4. The largest absolute Gasteiger partial charge is 0.462 e. The number of esters is 2. The van der Waals surface area contributed by atoms with Crippen LogP contribution in [0.2, 0.25) is 0 Å². The van der Waals surface area contributed by atoms with Crippen molar-refractivity contribution in [2.24, 2.45) is 0 Å². The predicted octanol–water partition coefficient (Wildman–Crippen LogP) is 13.1. The smallest absolute Gasteiger partial charge is 0.306 e. The van der Waals surface area contributed by atoms with Gasteiger partial charge in [0.15, 0.2) is 6.10 Å². The summed E-state index contributed by atoms with van der Waals surface area (Å²) in [5.41, 5.74) is 0. The van der Waals surface area contributed by atoms with Gasteiger partial charge in [-0.05, 0) is 83.5 Å². The number of unbranched alkanes of at least 4 members (excludes halogenated alkanes) is 9. The Bertz CT molecular complexity index is 1090. The van der Waals surface area contributed by atoms with Crippen molar-refractivity contribution in [2.75, 3.05) is 13.2 Å². The highest BCUT2D eigenvalue weighted by Crippen LogP contribution is 2.10. The predicted molar refractivity (Wildman–Crippen MR) is 223 cm³/mol. The molecule has 0 amide bonds. The van der Waals surface area contributed by atoms with Crippen molar-refractivity contribution >= 4 is 11.9 Å². The molecular formula is C47H74O5. The highest BCUT2D eigenvalue weighted by atomic mass is 16.6. The van der Waals surface area contributed by atoms with E-state index in [9.17, 15) is 14.7 Å². The standard InChI is InChI=1S/C47H74O5/c1-3-5-7-9-11-12-13-14-15-16-17-18-19-20-21-22-23-24-25-26-27-28-29-30-31-32-33-34-36-38-40-42-47(50)52-45(43-48)44-51-46(49)41-39-37-35-10-8-6-4-2/h5,7,11-12,14-15,17-18,20-21,23-24,26-27,29-30,32-33,45,48H,3-4,6,8-10,13,16,19,22,25,28,31,34-44H2,1-2H3/b7-5-,12-11-,15-14-,18-17-,21-20-,24-23-,27-26-,30-29-,33-32-. The fraction of sp³-hybridized carbons (Fsp3) is 0.574. The monoisotopic (exact) mass is 719 g/mol. The Kier molecular flexibility index (Phi) is 39.2. The van der Waals surface area contributed by atoms with Crippen LogP contribution < -0.4 is 0 Å². The molecule has 52 heavy (non-hydrogen) atoms. The minimum absolute atomic E-state index is 0.0859. The highest BCUT2D eigenvalue weighted by Gasteiger charge is 2.16. The molecule has 0 heterocycles. The molecule has 0 fully saturated rings. The van der Waals surface area contributed by atoms with E-state index in [4.69, 9.17) is 9.47 Å². The summed E-state index contributed by atoms with van der Waals surface area (Å²) >= 11 is 0. The second-order valence-corrected chi connectivity index (χ2v) is 13.0. The van der Waals surface area contributed by atoms with Gasteiger partial charge in [0.05, 0.1) is 6.61 Å². The topological polar surface area (TPSA) is 72.8 Å². The minimum atomic E-state index is -0.792. The van der Waals surface area contributed by atoms with E-state index in [1.165, 1.54) is 25.7 Å². The van der Waals surface area contributed by atoms with Crippen molar-refractivity contribution < 1.29 is 24.2 Å². The second-order valence-electron chi connectivity index (χ2n) is 13.0. The lowest BCUT2D eigenvalue weighted by Crippen LogP contribution is -2.28. The summed E-state index contributed by atoms with van der Waals surface area (Å²) in [6.07, 6.45) is 60.3. The molecule has 5 nitrogen and oxygen atoms in total. The molecule has 0 aromatic rings. The normalized spacial score (nSPS) is 13.4. The Hall–Kier alpha value is -3.44. The van der Waals surface area contributed by atoms with Gasteiger partial charge >= 0.3 is 11.9 Å². The molecule has 0 spiro atoms. The van der Waals surface area contributed by atoms with E-state index < -0.39 is 6.10 Å². The van der Waals surface area contributed by atoms with Gasteiger partial charge in [-0.2, -0.15) is 0 Å². The lowest BCUT2D eigenvalue weighted by molar-refractivity contribution is -0.161. The SMILES string of the molecule is CC/C=C\C/C=C\C/C=C\C/C=C\C/C=C\C/C=C\C/C=C\C/C=C\C/C=C\CCCCCC(=O)OC(CO)COC(=O)CCCCCCCCC. The van der Waals surface area contributed by atoms with Crippen LogP contribution in [0.15, 0.2) is 109 Å². The maximum Gasteiger partial charge on any atom is 0.306 e. The molecule has 0 aliphatic rings. The van der Waals surface area contributed by atoms with Crippen molar-refractivity contribution in [3.63, 3.8) is 0 Å². The van der Waals surface area contributed by atoms with Crippen LogP contribution in [0.4, 0.5) is 0 Å². The third-order valence-corrected chi connectivity index (χ3v) is 8.08. The summed E-state index contributed by atoms with van der Waals surface area (Å²) in [4.78, 5) is 24.1. The number of ether oxygens (including phenoxy) is 2. The lowest BCUT2D eigenvalue weighted by Gasteiger charge is -2.15. The van der Waals surface area contributed by atoms with Gasteiger partial charge in [-0.25, -0.2) is 0 Å². The van der Waals surface area contributed by atoms with E-state index in [1.807, 2.05) is 0 Å². The first-order valence-electron chi connectivity index (χ1n) is 20.4. The van der Waals surface area contributed by atoms with Crippen LogP contribution in [0.25, 0.3) is 0 Å². The Morgan fingerprint density at radius 3 is 1.25 bits per heavy atom. The molecule has 0 aromatic heterocycles. The third-order valence-electron chi connectivity index (χ3n) is 8.08. The van der Waals surface area contributed by atoms with Crippen molar-refractivity contribution in [3.8, 4) is 0 Å². The number of hydrogen-bond donors (Lipinski definition) is 1. The van der Waals surface area contributed by atoms with Crippen molar-refractivity contribution in [2.45, 2.75) is 161 Å². The molecule has 1 atom stereocenters. The summed E-state index contributed by atoms with van der Waals surface area (Å²) in [5.74, 6) is -0.648. The summed E-state index contributed by atoms with van der Waals surface area (Å²) in [6.45, 7) is 3.92. The molecular weight excluding hydrogens is 645 g/mol. The number of carbonyl (C=O) groups excluding carboxylic acids is 2. The average molecular weight is 719 g/mol. The van der Waals surface area contributed by atoms with Crippen LogP contribution in [0.5, 0.6) is 0 Å². The van der Waals surface area contributed by atoms with E-state index in [1.54, 1.807) is 0 Å². The third kappa shape index (κ3) is 39.3. The Labute approximate surface area is 319 Å². The molecule has 0 saturated heterocycles. The molecule has 0 saturated carbocycles. The quantitative estimate of drug-likeness (QED) is 0.0401. The van der Waals surface area contributed by atoms with Crippen LogP contribution in [0, 0.1) is 0 Å². The summed E-state index contributed by atoms with van der Waals surface area (Å²) < 4.78 is 10.5. The van der Waals surface area contributed by atoms with Gasteiger partial charge < -0.3 is 14.6 Å². The van der Waals surface area contributed by atoms with Gasteiger partial charge in [0.2, 0.25) is 0 Å².